The first kappa shape index (κ1) is 13.1. The normalized spacial score (nSPS) is 28.3. The van der Waals surface area contributed by atoms with Crippen LogP contribution in [0.15, 0.2) is 6.20 Å². The van der Waals surface area contributed by atoms with Crippen molar-refractivity contribution >= 4 is 17.4 Å². The number of likely N-dealkylation sites (N-methyl/N-ethyl adjacent to an activating group) is 1. The smallest absolute Gasteiger partial charge is 0.151 e. The monoisotopic (exact) mass is 282 g/mol. The van der Waals surface area contributed by atoms with Crippen LogP contribution >= 0.6 is 11.6 Å². The van der Waals surface area contributed by atoms with Gasteiger partial charge in [0.2, 0.25) is 0 Å². The van der Waals surface area contributed by atoms with E-state index in [0.29, 0.717) is 17.0 Å². The molecule has 0 saturated carbocycles. The predicted molar refractivity (Wildman–Crippen MR) is 74.7 cm³/mol. The van der Waals surface area contributed by atoms with Gasteiger partial charge in [-0.2, -0.15) is 0 Å². The maximum Gasteiger partial charge on any atom is 0.151 e. The van der Waals surface area contributed by atoms with E-state index in [1.807, 2.05) is 6.92 Å². The molecule has 2 aliphatic heterocycles. The van der Waals surface area contributed by atoms with E-state index in [-0.39, 0.29) is 0 Å². The molecule has 2 atom stereocenters. The van der Waals surface area contributed by atoms with E-state index in [9.17, 15) is 0 Å². The van der Waals surface area contributed by atoms with E-state index in [4.69, 9.17) is 16.3 Å². The highest BCUT2D eigenvalue weighted by molar-refractivity contribution is 6.32. The molecule has 0 aliphatic carbocycles. The van der Waals surface area contributed by atoms with Gasteiger partial charge >= 0.3 is 0 Å². The minimum absolute atomic E-state index is 0.402. The molecule has 0 radical (unpaired) electrons. The van der Waals surface area contributed by atoms with Gasteiger partial charge in [-0.15, -0.1) is 0 Å². The Morgan fingerprint density at radius 1 is 1.32 bits per heavy atom. The Balaban J connectivity index is 1.91. The Kier molecular flexibility index (Phi) is 3.60. The molecule has 19 heavy (non-hydrogen) atoms. The molecule has 0 unspecified atom stereocenters. The van der Waals surface area contributed by atoms with E-state index in [2.05, 4.69) is 26.8 Å². The molecule has 2 fully saturated rings. The van der Waals surface area contributed by atoms with Crippen molar-refractivity contribution in [3.63, 3.8) is 0 Å². The van der Waals surface area contributed by atoms with Crippen LogP contribution < -0.4 is 4.90 Å². The van der Waals surface area contributed by atoms with Crippen molar-refractivity contribution in [1.29, 1.82) is 0 Å². The molecule has 0 aromatic carbocycles. The fourth-order valence-corrected chi connectivity index (χ4v) is 3.10. The average molecular weight is 283 g/mol. The lowest BCUT2D eigenvalue weighted by atomic mass is 10.1. The predicted octanol–water partition coefficient (Wildman–Crippen LogP) is 1.21. The number of halogens is 1. The maximum atomic E-state index is 6.26. The van der Waals surface area contributed by atoms with Gasteiger partial charge in [-0.3, -0.25) is 4.90 Å². The summed E-state index contributed by atoms with van der Waals surface area (Å²) in [5.74, 6) is 2.13. The summed E-state index contributed by atoms with van der Waals surface area (Å²) in [6.45, 7) is 6.42. The minimum Gasteiger partial charge on any atom is -0.379 e. The van der Waals surface area contributed by atoms with Crippen LogP contribution in [0.4, 0.5) is 5.82 Å². The third-order valence-corrected chi connectivity index (χ3v) is 4.16. The second kappa shape index (κ2) is 5.23. The first-order chi connectivity index (χ1) is 9.13. The van der Waals surface area contributed by atoms with Gasteiger partial charge in [0, 0.05) is 25.6 Å². The molecule has 0 amide bonds. The van der Waals surface area contributed by atoms with Crippen molar-refractivity contribution in [2.24, 2.45) is 5.92 Å². The summed E-state index contributed by atoms with van der Waals surface area (Å²) in [6.07, 6.45) is 1.69. The number of hydrogen-bond donors (Lipinski definition) is 0. The van der Waals surface area contributed by atoms with Crippen molar-refractivity contribution in [2.45, 2.75) is 13.0 Å². The zero-order valence-corrected chi connectivity index (χ0v) is 12.1. The number of aromatic nitrogens is 2. The van der Waals surface area contributed by atoms with Gasteiger partial charge in [0.1, 0.15) is 10.8 Å². The number of anilines is 1. The van der Waals surface area contributed by atoms with Crippen LogP contribution in [0.25, 0.3) is 0 Å². The molecule has 1 aromatic rings. The second-order valence-corrected chi connectivity index (χ2v) is 5.90. The van der Waals surface area contributed by atoms with Crippen LogP contribution in [0.3, 0.4) is 0 Å². The van der Waals surface area contributed by atoms with Gasteiger partial charge in [0.05, 0.1) is 25.5 Å². The number of ether oxygens (including phenoxy) is 1. The van der Waals surface area contributed by atoms with Gasteiger partial charge in [-0.25, -0.2) is 9.97 Å². The Hall–Kier alpha value is -0.910. The average Bonchev–Trinajstić information content (AvgIpc) is 2.60. The summed E-state index contributed by atoms with van der Waals surface area (Å²) in [5, 5.41) is 0.633. The number of aryl methyl sites for hydroxylation is 1. The molecule has 6 heteroatoms. The van der Waals surface area contributed by atoms with Crippen LogP contribution in [0.5, 0.6) is 0 Å². The third kappa shape index (κ3) is 2.68. The van der Waals surface area contributed by atoms with Gasteiger partial charge in [0.15, 0.2) is 5.82 Å². The largest absolute Gasteiger partial charge is 0.379 e. The number of fused-ring (bicyclic) bond motifs is 3. The summed E-state index contributed by atoms with van der Waals surface area (Å²) < 4.78 is 5.74. The van der Waals surface area contributed by atoms with Crippen molar-refractivity contribution in [1.82, 2.24) is 14.9 Å². The lowest BCUT2D eigenvalue weighted by Gasteiger charge is -2.31. The molecule has 3 heterocycles. The van der Waals surface area contributed by atoms with Crippen molar-refractivity contribution in [3.8, 4) is 0 Å². The van der Waals surface area contributed by atoms with Crippen molar-refractivity contribution in [3.05, 3.63) is 17.0 Å². The molecule has 5 nitrogen and oxygen atoms in total. The summed E-state index contributed by atoms with van der Waals surface area (Å²) in [5.41, 5.74) is 0. The van der Waals surface area contributed by atoms with Crippen LogP contribution in [0.2, 0.25) is 5.02 Å². The van der Waals surface area contributed by atoms with Crippen LogP contribution in [0.1, 0.15) is 5.82 Å². The molecule has 104 valence electrons. The quantitative estimate of drug-likeness (QED) is 0.774. The number of rotatable bonds is 1. The molecule has 2 bridgehead atoms. The van der Waals surface area contributed by atoms with Gasteiger partial charge in [-0.1, -0.05) is 11.6 Å². The second-order valence-electron chi connectivity index (χ2n) is 5.49. The van der Waals surface area contributed by atoms with Crippen molar-refractivity contribution in [2.75, 3.05) is 44.8 Å². The lowest BCUT2D eigenvalue weighted by molar-refractivity contribution is 0.0930. The third-order valence-electron chi connectivity index (χ3n) is 3.89. The highest BCUT2D eigenvalue weighted by Gasteiger charge is 2.32. The van der Waals surface area contributed by atoms with Crippen LogP contribution in [-0.2, 0) is 4.74 Å². The number of nitrogens with zero attached hydrogens (tertiary/aromatic N) is 4. The van der Waals surface area contributed by atoms with Crippen molar-refractivity contribution < 1.29 is 4.74 Å². The lowest BCUT2D eigenvalue weighted by Crippen LogP contribution is -2.42. The highest BCUT2D eigenvalue weighted by atomic mass is 35.5. The maximum absolute atomic E-state index is 6.26. The Bertz CT molecular complexity index is 470. The zero-order valence-electron chi connectivity index (χ0n) is 11.3. The minimum atomic E-state index is 0.402. The first-order valence-corrected chi connectivity index (χ1v) is 7.03. The van der Waals surface area contributed by atoms with E-state index < -0.39 is 0 Å². The van der Waals surface area contributed by atoms with Gasteiger partial charge < -0.3 is 9.64 Å². The highest BCUT2D eigenvalue weighted by Crippen LogP contribution is 2.27. The molecule has 0 spiro atoms. The molecular weight excluding hydrogens is 264 g/mol. The molecule has 2 aliphatic rings. The Morgan fingerprint density at radius 2 is 2.16 bits per heavy atom. The zero-order chi connectivity index (χ0) is 13.4. The molecule has 3 rings (SSSR count). The van der Waals surface area contributed by atoms with E-state index in [1.165, 1.54) is 0 Å². The summed E-state index contributed by atoms with van der Waals surface area (Å²) >= 11 is 6.26. The van der Waals surface area contributed by atoms with Crippen LogP contribution in [-0.4, -0.2) is 60.8 Å². The SMILES string of the molecule is Cc1ncc(Cl)c(N2C[C@@H]3COC[C@H](C2)N(C)C3)n1. The fourth-order valence-electron chi connectivity index (χ4n) is 2.89. The van der Waals surface area contributed by atoms with Crippen LogP contribution in [0, 0.1) is 12.8 Å². The Labute approximate surface area is 118 Å². The van der Waals surface area contributed by atoms with Gasteiger partial charge in [-0.05, 0) is 14.0 Å². The molecular formula is C13H19ClN4O. The fraction of sp³-hybridized carbons (Fsp3) is 0.692. The van der Waals surface area contributed by atoms with Gasteiger partial charge in [0.25, 0.3) is 0 Å². The standard InChI is InChI=1S/C13H19ClN4O/c1-9-15-3-12(14)13(16-9)18-5-10-4-17(2)11(6-18)8-19-7-10/h3,10-11H,4-8H2,1-2H3/t10-,11+/m1/s1. The summed E-state index contributed by atoms with van der Waals surface area (Å²) in [6, 6.07) is 0.402. The summed E-state index contributed by atoms with van der Waals surface area (Å²) in [4.78, 5) is 13.3. The van der Waals surface area contributed by atoms with E-state index >= 15 is 0 Å². The van der Waals surface area contributed by atoms with E-state index in [1.54, 1.807) is 6.20 Å². The molecule has 0 N–H and O–H groups in total. The molecule has 2 saturated heterocycles. The summed E-state index contributed by atoms with van der Waals surface area (Å²) in [7, 11) is 2.17. The van der Waals surface area contributed by atoms with E-state index in [0.717, 1.165) is 44.5 Å². The first-order valence-electron chi connectivity index (χ1n) is 6.65. The molecule has 1 aromatic heterocycles. The Morgan fingerprint density at radius 3 is 3.00 bits per heavy atom. The number of hydrogen-bond acceptors (Lipinski definition) is 5. The topological polar surface area (TPSA) is 41.5 Å².